The zero-order chi connectivity index (χ0) is 9.97. The molecule has 0 radical (unpaired) electrons. The van der Waals surface area contributed by atoms with Crippen molar-refractivity contribution in [2.45, 2.75) is 5.33 Å². The van der Waals surface area contributed by atoms with E-state index in [1.54, 1.807) is 0 Å². The van der Waals surface area contributed by atoms with E-state index in [-0.39, 0.29) is 0 Å². The second-order valence-electron chi connectivity index (χ2n) is 2.64. The van der Waals surface area contributed by atoms with Gasteiger partial charge in [0.15, 0.2) is 0 Å². The number of nitrogens with zero attached hydrogens (tertiary/aromatic N) is 2. The number of hydrogen-bond donors (Lipinski definition) is 0. The van der Waals surface area contributed by atoms with E-state index in [1.807, 2.05) is 24.3 Å². The van der Waals surface area contributed by atoms with Crippen LogP contribution in [0.15, 0.2) is 33.2 Å². The van der Waals surface area contributed by atoms with E-state index in [4.69, 9.17) is 4.42 Å². The molecule has 0 saturated heterocycles. The third-order valence-corrected chi connectivity index (χ3v) is 2.68. The van der Waals surface area contributed by atoms with Crippen molar-refractivity contribution in [2.24, 2.45) is 0 Å². The van der Waals surface area contributed by atoms with Gasteiger partial charge in [0.1, 0.15) is 0 Å². The molecule has 2 aromatic rings. The Morgan fingerprint density at radius 2 is 1.86 bits per heavy atom. The fourth-order valence-corrected chi connectivity index (χ4v) is 1.51. The summed E-state index contributed by atoms with van der Waals surface area (Å²) in [5.74, 6) is 1.13. The van der Waals surface area contributed by atoms with Gasteiger partial charge in [-0.3, -0.25) is 0 Å². The molecule has 0 saturated carbocycles. The topological polar surface area (TPSA) is 38.9 Å². The van der Waals surface area contributed by atoms with Gasteiger partial charge in [-0.15, -0.1) is 10.2 Å². The first-order valence-corrected chi connectivity index (χ1v) is 5.85. The summed E-state index contributed by atoms with van der Waals surface area (Å²) in [5, 5.41) is 8.36. The van der Waals surface area contributed by atoms with Crippen molar-refractivity contribution in [2.75, 3.05) is 0 Å². The third-order valence-electron chi connectivity index (χ3n) is 1.67. The van der Waals surface area contributed by atoms with E-state index >= 15 is 0 Å². The fraction of sp³-hybridized carbons (Fsp3) is 0.111. The summed E-state index contributed by atoms with van der Waals surface area (Å²) in [5.41, 5.74) is 0.924. The maximum Gasteiger partial charge on any atom is 0.247 e. The van der Waals surface area contributed by atoms with E-state index in [2.05, 4.69) is 42.1 Å². The SMILES string of the molecule is BrCc1nnc(-c2ccc(Br)cc2)o1. The van der Waals surface area contributed by atoms with Crippen molar-refractivity contribution in [1.82, 2.24) is 10.2 Å². The standard InChI is InChI=1S/C9H6Br2N2O/c10-5-8-12-13-9(14-8)6-1-3-7(11)4-2-6/h1-4H,5H2. The summed E-state index contributed by atoms with van der Waals surface area (Å²) in [6.07, 6.45) is 0. The summed E-state index contributed by atoms with van der Waals surface area (Å²) in [4.78, 5) is 0. The van der Waals surface area contributed by atoms with Crippen molar-refractivity contribution in [3.63, 3.8) is 0 Å². The van der Waals surface area contributed by atoms with Gasteiger partial charge in [0.05, 0.1) is 5.33 Å². The van der Waals surface area contributed by atoms with Crippen molar-refractivity contribution in [1.29, 1.82) is 0 Å². The molecule has 0 N–H and O–H groups in total. The maximum absolute atomic E-state index is 5.37. The molecule has 1 aromatic heterocycles. The molecule has 0 amide bonds. The maximum atomic E-state index is 5.37. The van der Waals surface area contributed by atoms with Crippen LogP contribution in [-0.2, 0) is 5.33 Å². The van der Waals surface area contributed by atoms with E-state index in [9.17, 15) is 0 Å². The molecule has 0 fully saturated rings. The Labute approximate surface area is 97.8 Å². The van der Waals surface area contributed by atoms with Crippen LogP contribution in [0.25, 0.3) is 11.5 Å². The molecule has 14 heavy (non-hydrogen) atoms. The highest BCUT2D eigenvalue weighted by Crippen LogP contribution is 2.20. The predicted octanol–water partition coefficient (Wildman–Crippen LogP) is 3.39. The summed E-state index contributed by atoms with van der Waals surface area (Å²) < 4.78 is 6.40. The second kappa shape index (κ2) is 4.23. The van der Waals surface area contributed by atoms with Gasteiger partial charge in [-0.25, -0.2) is 0 Å². The van der Waals surface area contributed by atoms with Crippen LogP contribution in [0.4, 0.5) is 0 Å². The van der Waals surface area contributed by atoms with Crippen molar-refractivity contribution < 1.29 is 4.42 Å². The number of aromatic nitrogens is 2. The average Bonchev–Trinajstić information content (AvgIpc) is 2.67. The molecule has 0 bridgehead atoms. The second-order valence-corrected chi connectivity index (χ2v) is 4.12. The van der Waals surface area contributed by atoms with E-state index in [1.165, 1.54) is 0 Å². The lowest BCUT2D eigenvalue weighted by molar-refractivity contribution is 0.529. The highest BCUT2D eigenvalue weighted by atomic mass is 79.9. The highest BCUT2D eigenvalue weighted by Gasteiger charge is 2.06. The van der Waals surface area contributed by atoms with Crippen LogP contribution < -0.4 is 0 Å². The zero-order valence-electron chi connectivity index (χ0n) is 7.08. The summed E-state index contributed by atoms with van der Waals surface area (Å²) in [6, 6.07) is 7.73. The Kier molecular flexibility index (Phi) is 2.98. The minimum absolute atomic E-state index is 0.548. The van der Waals surface area contributed by atoms with Gasteiger partial charge in [0.2, 0.25) is 11.8 Å². The molecular weight excluding hydrogens is 312 g/mol. The lowest BCUT2D eigenvalue weighted by atomic mass is 10.2. The lowest BCUT2D eigenvalue weighted by Gasteiger charge is -1.93. The molecule has 1 aromatic carbocycles. The Bertz CT molecular complexity index is 425. The van der Waals surface area contributed by atoms with Gasteiger partial charge in [-0.2, -0.15) is 0 Å². The first-order valence-electron chi connectivity index (χ1n) is 3.94. The van der Waals surface area contributed by atoms with Crippen molar-refractivity contribution in [3.05, 3.63) is 34.6 Å². The number of alkyl halides is 1. The van der Waals surface area contributed by atoms with Crippen LogP contribution in [-0.4, -0.2) is 10.2 Å². The van der Waals surface area contributed by atoms with Crippen molar-refractivity contribution in [3.8, 4) is 11.5 Å². The normalized spacial score (nSPS) is 10.4. The monoisotopic (exact) mass is 316 g/mol. The molecule has 0 aliphatic carbocycles. The predicted molar refractivity (Wildman–Crippen MR) is 60.1 cm³/mol. The Hall–Kier alpha value is -0.680. The smallest absolute Gasteiger partial charge is 0.247 e. The zero-order valence-corrected chi connectivity index (χ0v) is 10.2. The molecule has 0 aliphatic heterocycles. The average molecular weight is 318 g/mol. The number of halogens is 2. The van der Waals surface area contributed by atoms with Crippen LogP contribution in [0.3, 0.4) is 0 Å². The number of hydrogen-bond acceptors (Lipinski definition) is 3. The summed E-state index contributed by atoms with van der Waals surface area (Å²) in [7, 11) is 0. The van der Waals surface area contributed by atoms with Crippen molar-refractivity contribution >= 4 is 31.9 Å². The summed E-state index contributed by atoms with van der Waals surface area (Å²) in [6.45, 7) is 0. The minimum Gasteiger partial charge on any atom is -0.420 e. The first kappa shape index (κ1) is 9.86. The van der Waals surface area contributed by atoms with Crippen LogP contribution in [0.5, 0.6) is 0 Å². The van der Waals surface area contributed by atoms with Gasteiger partial charge in [-0.1, -0.05) is 31.9 Å². The lowest BCUT2D eigenvalue weighted by Crippen LogP contribution is -1.76. The Balaban J connectivity index is 2.34. The molecule has 3 nitrogen and oxygen atoms in total. The molecule has 0 spiro atoms. The van der Waals surface area contributed by atoms with Gasteiger partial charge in [-0.05, 0) is 24.3 Å². The molecule has 1 heterocycles. The van der Waals surface area contributed by atoms with Gasteiger partial charge >= 0.3 is 0 Å². The number of rotatable bonds is 2. The van der Waals surface area contributed by atoms with Crippen LogP contribution in [0, 0.1) is 0 Å². The third kappa shape index (κ3) is 2.04. The Morgan fingerprint density at radius 3 is 2.43 bits per heavy atom. The molecule has 0 aliphatic rings. The molecule has 0 atom stereocenters. The molecule has 72 valence electrons. The molecule has 0 unspecified atom stereocenters. The van der Waals surface area contributed by atoms with E-state index in [0.29, 0.717) is 17.1 Å². The number of benzene rings is 1. The van der Waals surface area contributed by atoms with E-state index < -0.39 is 0 Å². The molecule has 2 rings (SSSR count). The Morgan fingerprint density at radius 1 is 1.14 bits per heavy atom. The van der Waals surface area contributed by atoms with Gasteiger partial charge in [0.25, 0.3) is 0 Å². The van der Waals surface area contributed by atoms with Gasteiger partial charge in [0, 0.05) is 10.0 Å². The highest BCUT2D eigenvalue weighted by molar-refractivity contribution is 9.10. The van der Waals surface area contributed by atoms with Crippen LogP contribution in [0.2, 0.25) is 0 Å². The first-order chi connectivity index (χ1) is 6.79. The van der Waals surface area contributed by atoms with Crippen LogP contribution >= 0.6 is 31.9 Å². The van der Waals surface area contributed by atoms with E-state index in [0.717, 1.165) is 10.0 Å². The minimum atomic E-state index is 0.548. The van der Waals surface area contributed by atoms with Crippen LogP contribution in [0.1, 0.15) is 5.89 Å². The largest absolute Gasteiger partial charge is 0.420 e. The molecule has 5 heteroatoms. The molecular formula is C9H6Br2N2O. The summed E-state index contributed by atoms with van der Waals surface area (Å²) >= 11 is 6.61. The van der Waals surface area contributed by atoms with Gasteiger partial charge < -0.3 is 4.42 Å². The fourth-order valence-electron chi connectivity index (χ4n) is 1.02. The quantitative estimate of drug-likeness (QED) is 0.797.